The van der Waals surface area contributed by atoms with Crippen LogP contribution < -0.4 is 5.32 Å². The number of rotatable bonds is 8. The van der Waals surface area contributed by atoms with Crippen LogP contribution in [0.2, 0.25) is 0 Å². The van der Waals surface area contributed by atoms with Crippen molar-refractivity contribution >= 4 is 21.9 Å². The average Bonchev–Trinajstić information content (AvgIpc) is 2.53. The number of nitrogens with zero attached hydrogens (tertiary/aromatic N) is 1. The van der Waals surface area contributed by atoms with Crippen LogP contribution in [0.3, 0.4) is 0 Å². The van der Waals surface area contributed by atoms with Crippen molar-refractivity contribution in [1.82, 2.24) is 9.62 Å². The van der Waals surface area contributed by atoms with Gasteiger partial charge < -0.3 is 10.1 Å². The monoisotopic (exact) mass is 370 g/mol. The molecule has 0 saturated heterocycles. The van der Waals surface area contributed by atoms with Gasteiger partial charge in [-0.2, -0.15) is 4.31 Å². The van der Waals surface area contributed by atoms with E-state index in [-0.39, 0.29) is 35.6 Å². The van der Waals surface area contributed by atoms with Crippen LogP contribution in [0.5, 0.6) is 0 Å². The first-order valence-electron chi connectivity index (χ1n) is 8.11. The Morgan fingerprint density at radius 1 is 1.20 bits per heavy atom. The molecule has 0 atom stereocenters. The van der Waals surface area contributed by atoms with E-state index < -0.39 is 21.9 Å². The number of ether oxygens (including phenoxy) is 1. The molecule has 8 heteroatoms. The molecule has 140 valence electrons. The van der Waals surface area contributed by atoms with E-state index in [1.54, 1.807) is 27.7 Å². The number of amides is 1. The first kappa shape index (κ1) is 21.1. The number of hydrogen-bond acceptors (Lipinski definition) is 5. The van der Waals surface area contributed by atoms with E-state index in [0.717, 1.165) is 0 Å². The number of hydrogen-bond donors (Lipinski definition) is 1. The van der Waals surface area contributed by atoms with Crippen molar-refractivity contribution in [2.75, 3.05) is 13.6 Å². The summed E-state index contributed by atoms with van der Waals surface area (Å²) in [6, 6.07) is 5.62. The molecule has 1 N–H and O–H groups in total. The Labute approximate surface area is 149 Å². The molecular formula is C17H26N2O5S. The van der Waals surface area contributed by atoms with Gasteiger partial charge in [-0.1, -0.05) is 6.07 Å². The summed E-state index contributed by atoms with van der Waals surface area (Å²) >= 11 is 0. The fourth-order valence-electron chi connectivity index (χ4n) is 1.94. The van der Waals surface area contributed by atoms with Crippen molar-refractivity contribution in [1.29, 1.82) is 0 Å². The Bertz CT molecular complexity index is 714. The molecule has 0 fully saturated rings. The Hall–Kier alpha value is -1.93. The summed E-state index contributed by atoms with van der Waals surface area (Å²) in [6.07, 6.45) is -0.152. The highest BCUT2D eigenvalue weighted by Gasteiger charge is 2.23. The number of carbonyl (C=O) groups is 2. The van der Waals surface area contributed by atoms with Gasteiger partial charge in [-0.3, -0.25) is 9.59 Å². The van der Waals surface area contributed by atoms with Crippen LogP contribution in [0, 0.1) is 0 Å². The van der Waals surface area contributed by atoms with E-state index in [1.807, 2.05) is 0 Å². The molecule has 0 radical (unpaired) electrons. The van der Waals surface area contributed by atoms with Gasteiger partial charge in [0, 0.05) is 25.2 Å². The van der Waals surface area contributed by atoms with Crippen LogP contribution in [0.15, 0.2) is 29.2 Å². The number of esters is 1. The average molecular weight is 370 g/mol. The molecule has 0 heterocycles. The molecule has 0 saturated carbocycles. The lowest BCUT2D eigenvalue weighted by molar-refractivity contribution is -0.147. The topological polar surface area (TPSA) is 92.8 Å². The summed E-state index contributed by atoms with van der Waals surface area (Å²) in [7, 11) is -2.17. The fourth-order valence-corrected chi connectivity index (χ4v) is 3.36. The van der Waals surface area contributed by atoms with Crippen molar-refractivity contribution in [2.24, 2.45) is 0 Å². The Balaban J connectivity index is 2.78. The van der Waals surface area contributed by atoms with E-state index in [9.17, 15) is 18.0 Å². The van der Waals surface area contributed by atoms with Gasteiger partial charge in [-0.05, 0) is 45.9 Å². The van der Waals surface area contributed by atoms with Gasteiger partial charge in [0.15, 0.2) is 0 Å². The van der Waals surface area contributed by atoms with E-state index in [2.05, 4.69) is 5.32 Å². The van der Waals surface area contributed by atoms with Crippen LogP contribution in [-0.2, 0) is 19.6 Å². The minimum atomic E-state index is -3.66. The molecule has 0 aliphatic rings. The molecule has 0 bridgehead atoms. The Morgan fingerprint density at radius 3 is 2.40 bits per heavy atom. The third-order valence-electron chi connectivity index (χ3n) is 3.48. The van der Waals surface area contributed by atoms with Crippen molar-refractivity contribution in [2.45, 2.75) is 51.2 Å². The number of benzene rings is 1. The lowest BCUT2D eigenvalue weighted by Crippen LogP contribution is -2.33. The number of nitrogens with one attached hydrogen (secondary N) is 1. The standard InChI is InChI=1S/C17H26N2O5S/c1-12(2)19(5)25(22,23)15-8-6-7-14(11-15)17(21)18-10-9-16(20)24-13(3)4/h6-8,11-13H,9-10H2,1-5H3,(H,18,21). The maximum atomic E-state index is 12.5. The van der Waals surface area contributed by atoms with E-state index in [1.165, 1.54) is 35.6 Å². The molecule has 7 nitrogen and oxygen atoms in total. The highest BCUT2D eigenvalue weighted by Crippen LogP contribution is 2.17. The number of carbonyl (C=O) groups excluding carboxylic acids is 2. The third-order valence-corrected chi connectivity index (χ3v) is 5.51. The molecule has 0 aliphatic carbocycles. The van der Waals surface area contributed by atoms with Crippen LogP contribution in [0.25, 0.3) is 0 Å². The van der Waals surface area contributed by atoms with E-state index in [4.69, 9.17) is 4.74 Å². The second-order valence-electron chi connectivity index (χ2n) is 6.19. The summed E-state index contributed by atoms with van der Waals surface area (Å²) < 4.78 is 31.2. The largest absolute Gasteiger partial charge is 0.463 e. The smallest absolute Gasteiger partial charge is 0.307 e. The zero-order valence-corrected chi connectivity index (χ0v) is 16.1. The van der Waals surface area contributed by atoms with Crippen LogP contribution in [0.4, 0.5) is 0 Å². The van der Waals surface area contributed by atoms with Crippen molar-refractivity contribution in [3.63, 3.8) is 0 Å². The van der Waals surface area contributed by atoms with Crippen LogP contribution in [0.1, 0.15) is 44.5 Å². The molecular weight excluding hydrogens is 344 g/mol. The van der Waals surface area contributed by atoms with Crippen molar-refractivity contribution in [3.8, 4) is 0 Å². The Morgan fingerprint density at radius 2 is 1.84 bits per heavy atom. The third kappa shape index (κ3) is 6.13. The zero-order valence-electron chi connectivity index (χ0n) is 15.3. The van der Waals surface area contributed by atoms with Gasteiger partial charge >= 0.3 is 5.97 Å². The molecule has 0 spiro atoms. The van der Waals surface area contributed by atoms with Crippen LogP contribution >= 0.6 is 0 Å². The summed E-state index contributed by atoms with van der Waals surface area (Å²) in [6.45, 7) is 7.15. The predicted molar refractivity (Wildman–Crippen MR) is 94.7 cm³/mol. The van der Waals surface area contributed by atoms with Crippen LogP contribution in [-0.4, -0.2) is 50.3 Å². The van der Waals surface area contributed by atoms with Gasteiger partial charge in [0.1, 0.15) is 0 Å². The predicted octanol–water partition coefficient (Wildman–Crippen LogP) is 1.79. The lowest BCUT2D eigenvalue weighted by Gasteiger charge is -2.21. The van der Waals surface area contributed by atoms with Gasteiger partial charge in [0.05, 0.1) is 17.4 Å². The summed E-state index contributed by atoms with van der Waals surface area (Å²) in [5, 5.41) is 2.59. The molecule has 0 aromatic heterocycles. The molecule has 1 aromatic carbocycles. The maximum Gasteiger partial charge on any atom is 0.307 e. The van der Waals surface area contributed by atoms with Gasteiger partial charge in [0.25, 0.3) is 5.91 Å². The van der Waals surface area contributed by atoms with E-state index >= 15 is 0 Å². The second kappa shape index (κ2) is 8.96. The minimum absolute atomic E-state index is 0.0515. The molecule has 0 unspecified atom stereocenters. The minimum Gasteiger partial charge on any atom is -0.463 e. The molecule has 25 heavy (non-hydrogen) atoms. The SMILES string of the molecule is CC(C)OC(=O)CCNC(=O)c1cccc(S(=O)(=O)N(C)C(C)C)c1. The lowest BCUT2D eigenvalue weighted by atomic mass is 10.2. The summed E-state index contributed by atoms with van der Waals surface area (Å²) in [5.41, 5.74) is 0.218. The quantitative estimate of drug-likeness (QED) is 0.704. The van der Waals surface area contributed by atoms with E-state index in [0.29, 0.717) is 0 Å². The number of sulfonamides is 1. The molecule has 1 rings (SSSR count). The molecule has 1 aromatic rings. The zero-order chi connectivity index (χ0) is 19.2. The van der Waals surface area contributed by atoms with Crippen molar-refractivity contribution < 1.29 is 22.7 Å². The summed E-state index contributed by atoms with van der Waals surface area (Å²) in [5.74, 6) is -0.841. The second-order valence-corrected chi connectivity index (χ2v) is 8.18. The first-order valence-corrected chi connectivity index (χ1v) is 9.55. The Kier molecular flexibility index (Phi) is 7.57. The molecule has 1 amide bonds. The van der Waals surface area contributed by atoms with Crippen molar-refractivity contribution in [3.05, 3.63) is 29.8 Å². The highest BCUT2D eigenvalue weighted by atomic mass is 32.2. The fraction of sp³-hybridized carbons (Fsp3) is 0.529. The highest BCUT2D eigenvalue weighted by molar-refractivity contribution is 7.89. The summed E-state index contributed by atoms with van der Waals surface area (Å²) in [4.78, 5) is 23.6. The maximum absolute atomic E-state index is 12.5. The normalized spacial score (nSPS) is 11.8. The van der Waals surface area contributed by atoms with Gasteiger partial charge in [-0.15, -0.1) is 0 Å². The first-order chi connectivity index (χ1) is 11.6. The van der Waals surface area contributed by atoms with Gasteiger partial charge in [-0.25, -0.2) is 8.42 Å². The molecule has 0 aliphatic heterocycles. The van der Waals surface area contributed by atoms with Gasteiger partial charge in [0.2, 0.25) is 10.0 Å².